The molecule has 2 aromatic rings. The number of carbonyl (C=O) groups is 1. The van der Waals surface area contributed by atoms with Crippen molar-refractivity contribution in [1.29, 1.82) is 0 Å². The summed E-state index contributed by atoms with van der Waals surface area (Å²) in [4.78, 5) is 12.6. The van der Waals surface area contributed by atoms with Crippen molar-refractivity contribution in [3.8, 4) is 28.7 Å². The molecule has 1 fully saturated rings. The Kier molecular flexibility index (Phi) is 8.38. The summed E-state index contributed by atoms with van der Waals surface area (Å²) in [5.41, 5.74) is 0.804. The van der Waals surface area contributed by atoms with E-state index in [1.165, 1.54) is 0 Å². The molecule has 1 heterocycles. The van der Waals surface area contributed by atoms with E-state index in [9.17, 15) is 9.90 Å². The first kappa shape index (κ1) is 26.5. The molecule has 1 saturated heterocycles. The second kappa shape index (κ2) is 11.1. The van der Waals surface area contributed by atoms with Gasteiger partial charge in [-0.25, -0.2) is 0 Å². The highest BCUT2D eigenvalue weighted by Gasteiger charge is 2.52. The van der Waals surface area contributed by atoms with Crippen LogP contribution < -0.4 is 23.7 Å². The SMILES string of the molecule is CCC(C)(C(=O)O)[C@H]1[C@@H](Cc2ccc(OC)c(OC)c2)CO[C@@H]1c1cc(OC)c(OC)c(OC)c1. The second-order valence-electron chi connectivity index (χ2n) is 8.97. The minimum absolute atomic E-state index is 0.0433. The lowest BCUT2D eigenvalue weighted by Gasteiger charge is -2.37. The normalized spacial score (nSPS) is 21.2. The number of aliphatic carboxylic acids is 1. The van der Waals surface area contributed by atoms with Gasteiger partial charge in [-0.15, -0.1) is 0 Å². The molecule has 8 heteroatoms. The molecular weight excluding hydrogens is 452 g/mol. The molecule has 35 heavy (non-hydrogen) atoms. The second-order valence-corrected chi connectivity index (χ2v) is 8.97. The minimum Gasteiger partial charge on any atom is -0.493 e. The zero-order chi connectivity index (χ0) is 25.8. The van der Waals surface area contributed by atoms with Gasteiger partial charge in [-0.05, 0) is 61.1 Å². The molecule has 0 amide bonds. The van der Waals surface area contributed by atoms with Gasteiger partial charge in [0.05, 0.1) is 53.7 Å². The van der Waals surface area contributed by atoms with Gasteiger partial charge in [0.2, 0.25) is 5.75 Å². The molecule has 1 unspecified atom stereocenters. The predicted molar refractivity (Wildman–Crippen MR) is 131 cm³/mol. The Balaban J connectivity index is 2.06. The summed E-state index contributed by atoms with van der Waals surface area (Å²) in [6.07, 6.45) is 0.629. The quantitative estimate of drug-likeness (QED) is 0.483. The van der Waals surface area contributed by atoms with Gasteiger partial charge < -0.3 is 33.5 Å². The van der Waals surface area contributed by atoms with Crippen molar-refractivity contribution in [2.45, 2.75) is 32.8 Å². The molecule has 4 atom stereocenters. The van der Waals surface area contributed by atoms with Crippen LogP contribution in [-0.2, 0) is 16.0 Å². The maximum Gasteiger partial charge on any atom is 0.309 e. The maximum absolute atomic E-state index is 12.6. The molecule has 3 rings (SSSR count). The van der Waals surface area contributed by atoms with Gasteiger partial charge >= 0.3 is 5.97 Å². The molecule has 0 aromatic heterocycles. The van der Waals surface area contributed by atoms with E-state index in [1.807, 2.05) is 37.3 Å². The van der Waals surface area contributed by atoms with Crippen LogP contribution in [0.25, 0.3) is 0 Å². The van der Waals surface area contributed by atoms with E-state index in [1.54, 1.807) is 42.5 Å². The summed E-state index contributed by atoms with van der Waals surface area (Å²) in [7, 11) is 7.86. The van der Waals surface area contributed by atoms with Crippen LogP contribution in [0.3, 0.4) is 0 Å². The average molecular weight is 489 g/mol. The molecule has 0 radical (unpaired) electrons. The lowest BCUT2D eigenvalue weighted by Crippen LogP contribution is -2.40. The van der Waals surface area contributed by atoms with Crippen molar-refractivity contribution in [3.05, 3.63) is 41.5 Å². The van der Waals surface area contributed by atoms with Crippen LogP contribution in [0.2, 0.25) is 0 Å². The third-order valence-corrected chi connectivity index (χ3v) is 7.24. The third kappa shape index (κ3) is 4.98. The molecular formula is C27H36O8. The van der Waals surface area contributed by atoms with Crippen molar-refractivity contribution >= 4 is 5.97 Å². The molecule has 0 aliphatic carbocycles. The first-order valence-electron chi connectivity index (χ1n) is 11.6. The van der Waals surface area contributed by atoms with E-state index in [4.69, 9.17) is 28.4 Å². The van der Waals surface area contributed by atoms with Gasteiger partial charge in [-0.3, -0.25) is 4.79 Å². The van der Waals surface area contributed by atoms with Crippen LogP contribution in [0.1, 0.15) is 37.5 Å². The van der Waals surface area contributed by atoms with Crippen LogP contribution in [0.4, 0.5) is 0 Å². The molecule has 0 spiro atoms. The van der Waals surface area contributed by atoms with Crippen LogP contribution in [-0.4, -0.2) is 53.2 Å². The molecule has 8 nitrogen and oxygen atoms in total. The zero-order valence-corrected chi connectivity index (χ0v) is 21.5. The Labute approximate surface area is 207 Å². The maximum atomic E-state index is 12.6. The van der Waals surface area contributed by atoms with E-state index < -0.39 is 17.5 Å². The van der Waals surface area contributed by atoms with E-state index in [0.29, 0.717) is 48.2 Å². The van der Waals surface area contributed by atoms with Gasteiger partial charge in [-0.1, -0.05) is 13.0 Å². The van der Waals surface area contributed by atoms with Crippen molar-refractivity contribution in [2.24, 2.45) is 17.3 Å². The largest absolute Gasteiger partial charge is 0.493 e. The fraction of sp³-hybridized carbons (Fsp3) is 0.519. The van der Waals surface area contributed by atoms with Crippen molar-refractivity contribution in [3.63, 3.8) is 0 Å². The predicted octanol–water partition coefficient (Wildman–Crippen LogP) is 4.78. The van der Waals surface area contributed by atoms with E-state index >= 15 is 0 Å². The van der Waals surface area contributed by atoms with E-state index in [-0.39, 0.29) is 11.8 Å². The third-order valence-electron chi connectivity index (χ3n) is 7.24. The van der Waals surface area contributed by atoms with Crippen molar-refractivity contribution < 1.29 is 38.3 Å². The topological polar surface area (TPSA) is 92.7 Å². The molecule has 2 aromatic carbocycles. The highest BCUT2D eigenvalue weighted by Crippen LogP contribution is 2.53. The van der Waals surface area contributed by atoms with Crippen LogP contribution in [0, 0.1) is 17.3 Å². The van der Waals surface area contributed by atoms with E-state index in [0.717, 1.165) is 11.1 Å². The molecule has 1 aliphatic heterocycles. The molecule has 0 bridgehead atoms. The standard InChI is InChI=1S/C27H36O8/c1-8-27(2,26(28)29)23-18(11-16-9-10-19(30-3)20(12-16)31-4)15-35-24(23)17-13-21(32-5)25(34-7)22(14-17)33-6/h9-10,12-14,18,23-24H,8,11,15H2,1-7H3,(H,28,29)/t18-,23-,24+,27?/m0/s1. The minimum atomic E-state index is -1.01. The Morgan fingerprint density at radius 3 is 2.03 bits per heavy atom. The van der Waals surface area contributed by atoms with Crippen LogP contribution in [0.5, 0.6) is 28.7 Å². The summed E-state index contributed by atoms with van der Waals surface area (Å²) in [5.74, 6) is 1.58. The summed E-state index contributed by atoms with van der Waals surface area (Å²) in [6.45, 7) is 4.14. The van der Waals surface area contributed by atoms with Gasteiger partial charge in [0.15, 0.2) is 23.0 Å². The number of carboxylic acid groups (broad SMARTS) is 1. The number of benzene rings is 2. The molecule has 192 valence electrons. The van der Waals surface area contributed by atoms with Gasteiger partial charge in [0, 0.05) is 5.92 Å². The number of ether oxygens (including phenoxy) is 6. The van der Waals surface area contributed by atoms with Gasteiger partial charge in [-0.2, -0.15) is 0 Å². The number of hydrogen-bond acceptors (Lipinski definition) is 7. The molecule has 1 N–H and O–H groups in total. The lowest BCUT2D eigenvalue weighted by atomic mass is 9.65. The number of methoxy groups -OCH3 is 5. The highest BCUT2D eigenvalue weighted by molar-refractivity contribution is 5.75. The number of hydrogen-bond donors (Lipinski definition) is 1. The molecule has 0 saturated carbocycles. The average Bonchev–Trinajstić information content (AvgIpc) is 3.30. The van der Waals surface area contributed by atoms with Crippen LogP contribution >= 0.6 is 0 Å². The summed E-state index contributed by atoms with van der Waals surface area (Å²) in [5, 5.41) is 10.3. The smallest absolute Gasteiger partial charge is 0.309 e. The fourth-order valence-electron chi connectivity index (χ4n) is 5.13. The molecule has 1 aliphatic rings. The Morgan fingerprint density at radius 1 is 0.943 bits per heavy atom. The van der Waals surface area contributed by atoms with E-state index in [2.05, 4.69) is 0 Å². The number of carboxylic acids is 1. The summed E-state index contributed by atoms with van der Waals surface area (Å²) < 4.78 is 33.7. The Morgan fingerprint density at radius 2 is 1.54 bits per heavy atom. The van der Waals surface area contributed by atoms with Crippen molar-refractivity contribution in [2.75, 3.05) is 42.2 Å². The lowest BCUT2D eigenvalue weighted by molar-refractivity contribution is -0.154. The highest BCUT2D eigenvalue weighted by atomic mass is 16.5. The van der Waals surface area contributed by atoms with Crippen LogP contribution in [0.15, 0.2) is 30.3 Å². The van der Waals surface area contributed by atoms with Gasteiger partial charge in [0.1, 0.15) is 0 Å². The Bertz CT molecular complexity index is 1010. The number of rotatable bonds is 11. The van der Waals surface area contributed by atoms with Crippen molar-refractivity contribution in [1.82, 2.24) is 0 Å². The monoisotopic (exact) mass is 488 g/mol. The van der Waals surface area contributed by atoms with Gasteiger partial charge in [0.25, 0.3) is 0 Å². The Hall–Kier alpha value is -3.13. The first-order chi connectivity index (χ1) is 16.8. The summed E-state index contributed by atoms with van der Waals surface area (Å²) in [6, 6.07) is 9.47. The zero-order valence-electron chi connectivity index (χ0n) is 21.5. The fourth-order valence-corrected chi connectivity index (χ4v) is 5.13. The first-order valence-corrected chi connectivity index (χ1v) is 11.6. The summed E-state index contributed by atoms with van der Waals surface area (Å²) >= 11 is 0.